The third-order valence-electron chi connectivity index (χ3n) is 3.87. The summed E-state index contributed by atoms with van der Waals surface area (Å²) in [5.41, 5.74) is -0.425. The Morgan fingerprint density at radius 2 is 1.82 bits per heavy atom. The molecule has 1 amide bonds. The van der Waals surface area contributed by atoms with Crippen molar-refractivity contribution in [2.75, 3.05) is 6.54 Å². The minimum Gasteiger partial charge on any atom is -0.384 e. The van der Waals surface area contributed by atoms with Crippen LogP contribution in [0.4, 0.5) is 4.39 Å². The molecule has 22 heavy (non-hydrogen) atoms. The van der Waals surface area contributed by atoms with Crippen molar-refractivity contribution in [3.8, 4) is 0 Å². The summed E-state index contributed by atoms with van der Waals surface area (Å²) in [6.07, 6.45) is 0. The summed E-state index contributed by atoms with van der Waals surface area (Å²) in [6, 6.07) is 7.72. The molecule has 0 aliphatic rings. The molecule has 0 aliphatic carbocycles. The summed E-state index contributed by atoms with van der Waals surface area (Å²) in [5.74, 6) is -0.546. The van der Waals surface area contributed by atoms with Crippen molar-refractivity contribution in [3.05, 3.63) is 58.0 Å². The van der Waals surface area contributed by atoms with Crippen LogP contribution < -0.4 is 5.32 Å². The van der Waals surface area contributed by atoms with Crippen LogP contribution in [0.1, 0.15) is 31.9 Å². The summed E-state index contributed by atoms with van der Waals surface area (Å²) >= 11 is 1.50. The summed E-state index contributed by atoms with van der Waals surface area (Å²) < 4.78 is 13.0. The monoisotopic (exact) mass is 321 g/mol. The molecule has 3 nitrogen and oxygen atoms in total. The maximum atomic E-state index is 13.0. The van der Waals surface area contributed by atoms with Crippen LogP contribution in [0.3, 0.4) is 0 Å². The highest BCUT2D eigenvalue weighted by Crippen LogP contribution is 2.25. The van der Waals surface area contributed by atoms with Crippen molar-refractivity contribution in [1.82, 2.24) is 5.32 Å². The van der Waals surface area contributed by atoms with Crippen molar-refractivity contribution in [2.45, 2.75) is 31.8 Å². The number of hydrogen-bond donors (Lipinski definition) is 2. The van der Waals surface area contributed by atoms with Gasteiger partial charge in [0.25, 0.3) is 0 Å². The van der Waals surface area contributed by atoms with Gasteiger partial charge in [-0.25, -0.2) is 4.39 Å². The number of aliphatic hydroxyl groups is 1. The fourth-order valence-electron chi connectivity index (χ4n) is 2.14. The zero-order chi connectivity index (χ0) is 16.4. The van der Waals surface area contributed by atoms with Gasteiger partial charge in [-0.1, -0.05) is 12.1 Å². The van der Waals surface area contributed by atoms with Gasteiger partial charge in [-0.2, -0.15) is 11.3 Å². The Labute approximate surface area is 133 Å². The topological polar surface area (TPSA) is 49.3 Å². The molecule has 1 aromatic heterocycles. The third-order valence-corrected chi connectivity index (χ3v) is 4.55. The first-order valence-corrected chi connectivity index (χ1v) is 7.97. The Balaban J connectivity index is 2.06. The number of hydrogen-bond acceptors (Lipinski definition) is 3. The molecule has 0 fully saturated rings. The summed E-state index contributed by atoms with van der Waals surface area (Å²) in [7, 11) is 0. The first kappa shape index (κ1) is 16.6. The van der Waals surface area contributed by atoms with Crippen LogP contribution in [0.15, 0.2) is 41.1 Å². The van der Waals surface area contributed by atoms with E-state index in [1.807, 2.05) is 16.8 Å². The Kier molecular flexibility index (Phi) is 4.68. The quantitative estimate of drug-likeness (QED) is 0.888. The molecule has 0 saturated heterocycles. The number of halogens is 1. The minimum absolute atomic E-state index is 0.118. The highest BCUT2D eigenvalue weighted by molar-refractivity contribution is 7.08. The van der Waals surface area contributed by atoms with Gasteiger partial charge in [0.15, 0.2) is 0 Å². The fraction of sp³-hybridized carbons (Fsp3) is 0.353. The summed E-state index contributed by atoms with van der Waals surface area (Å²) in [6.45, 7) is 5.33. The van der Waals surface area contributed by atoms with Gasteiger partial charge in [0.05, 0.1) is 12.0 Å². The molecule has 5 heteroatoms. The lowest BCUT2D eigenvalue weighted by atomic mass is 9.83. The maximum absolute atomic E-state index is 13.0. The maximum Gasteiger partial charge on any atom is 0.230 e. The van der Waals surface area contributed by atoms with E-state index < -0.39 is 11.0 Å². The van der Waals surface area contributed by atoms with E-state index in [0.29, 0.717) is 0 Å². The van der Waals surface area contributed by atoms with Gasteiger partial charge in [0, 0.05) is 0 Å². The van der Waals surface area contributed by atoms with E-state index >= 15 is 0 Å². The standard InChI is InChI=1S/C17H20FNO2S/c1-16(2,12-4-6-14(18)7-5-12)15(20)19-11-17(3,21)13-8-9-22-10-13/h4-10,21H,11H2,1-3H3,(H,19,20). The molecule has 0 bridgehead atoms. The Bertz CT molecular complexity index is 633. The normalized spacial score (nSPS) is 14.4. The van der Waals surface area contributed by atoms with Crippen LogP contribution in [0, 0.1) is 5.82 Å². The first-order chi connectivity index (χ1) is 10.2. The van der Waals surface area contributed by atoms with Crippen LogP contribution in [0.25, 0.3) is 0 Å². The van der Waals surface area contributed by atoms with Gasteiger partial charge in [-0.3, -0.25) is 4.79 Å². The highest BCUT2D eigenvalue weighted by Gasteiger charge is 2.32. The highest BCUT2D eigenvalue weighted by atomic mass is 32.1. The van der Waals surface area contributed by atoms with E-state index in [4.69, 9.17) is 0 Å². The molecule has 1 aromatic carbocycles. The number of nitrogens with one attached hydrogen (secondary N) is 1. The van der Waals surface area contributed by atoms with Crippen LogP contribution in [-0.2, 0) is 15.8 Å². The van der Waals surface area contributed by atoms with Crippen LogP contribution >= 0.6 is 11.3 Å². The van der Waals surface area contributed by atoms with Crippen molar-refractivity contribution in [2.24, 2.45) is 0 Å². The average molecular weight is 321 g/mol. The summed E-state index contributed by atoms with van der Waals surface area (Å²) in [4.78, 5) is 12.5. The zero-order valence-corrected chi connectivity index (χ0v) is 13.7. The molecular formula is C17H20FNO2S. The number of thiophene rings is 1. The number of carbonyl (C=O) groups excluding carboxylic acids is 1. The van der Waals surface area contributed by atoms with Gasteiger partial charge in [0.2, 0.25) is 5.91 Å². The van der Waals surface area contributed by atoms with E-state index in [0.717, 1.165) is 11.1 Å². The summed E-state index contributed by atoms with van der Waals surface area (Å²) in [5, 5.41) is 17.0. The van der Waals surface area contributed by atoms with E-state index in [1.54, 1.807) is 32.9 Å². The van der Waals surface area contributed by atoms with Gasteiger partial charge in [-0.05, 0) is 60.9 Å². The molecule has 2 N–H and O–H groups in total. The van der Waals surface area contributed by atoms with Gasteiger partial charge < -0.3 is 10.4 Å². The second-order valence-electron chi connectivity index (χ2n) is 6.10. The number of benzene rings is 1. The van der Waals surface area contributed by atoms with Crippen molar-refractivity contribution < 1.29 is 14.3 Å². The molecule has 1 heterocycles. The molecule has 2 aromatic rings. The first-order valence-electron chi connectivity index (χ1n) is 7.03. The van der Waals surface area contributed by atoms with Crippen molar-refractivity contribution in [1.29, 1.82) is 0 Å². The minimum atomic E-state index is -1.12. The lowest BCUT2D eigenvalue weighted by Crippen LogP contribution is -2.45. The molecular weight excluding hydrogens is 301 g/mol. The lowest BCUT2D eigenvalue weighted by Gasteiger charge is -2.28. The van der Waals surface area contributed by atoms with E-state index in [-0.39, 0.29) is 18.3 Å². The van der Waals surface area contributed by atoms with E-state index in [9.17, 15) is 14.3 Å². The second-order valence-corrected chi connectivity index (χ2v) is 6.88. The van der Waals surface area contributed by atoms with Crippen LogP contribution in [-0.4, -0.2) is 17.6 Å². The predicted molar refractivity (Wildman–Crippen MR) is 86.3 cm³/mol. The van der Waals surface area contributed by atoms with E-state index in [1.165, 1.54) is 23.5 Å². The van der Waals surface area contributed by atoms with E-state index in [2.05, 4.69) is 5.32 Å². The Morgan fingerprint density at radius 1 is 1.18 bits per heavy atom. The van der Waals surface area contributed by atoms with Gasteiger partial charge in [0.1, 0.15) is 11.4 Å². The Morgan fingerprint density at radius 3 is 2.36 bits per heavy atom. The molecule has 0 radical (unpaired) electrons. The van der Waals surface area contributed by atoms with Gasteiger partial charge >= 0.3 is 0 Å². The third kappa shape index (κ3) is 3.54. The Hall–Kier alpha value is -1.72. The smallest absolute Gasteiger partial charge is 0.230 e. The van der Waals surface area contributed by atoms with Crippen molar-refractivity contribution >= 4 is 17.2 Å². The van der Waals surface area contributed by atoms with Crippen LogP contribution in [0.5, 0.6) is 0 Å². The molecule has 0 spiro atoms. The number of carbonyl (C=O) groups is 1. The number of rotatable bonds is 5. The van der Waals surface area contributed by atoms with Crippen LogP contribution in [0.2, 0.25) is 0 Å². The zero-order valence-electron chi connectivity index (χ0n) is 12.9. The lowest BCUT2D eigenvalue weighted by molar-refractivity contribution is -0.126. The SMILES string of the molecule is CC(O)(CNC(=O)C(C)(C)c1ccc(F)cc1)c1ccsc1. The van der Waals surface area contributed by atoms with Gasteiger partial charge in [-0.15, -0.1) is 0 Å². The fourth-order valence-corrected chi connectivity index (χ4v) is 2.93. The second kappa shape index (κ2) is 6.18. The molecule has 0 aliphatic heterocycles. The molecule has 1 atom stereocenters. The number of amides is 1. The largest absolute Gasteiger partial charge is 0.384 e. The molecule has 118 valence electrons. The molecule has 0 saturated carbocycles. The van der Waals surface area contributed by atoms with Crippen molar-refractivity contribution in [3.63, 3.8) is 0 Å². The average Bonchev–Trinajstić information content (AvgIpc) is 3.00. The molecule has 2 rings (SSSR count). The predicted octanol–water partition coefficient (Wildman–Crippen LogP) is 3.19. The molecule has 1 unspecified atom stereocenters.